The first-order valence-corrected chi connectivity index (χ1v) is 8.69. The largest absolute Gasteiger partial charge is 0.496 e. The summed E-state index contributed by atoms with van der Waals surface area (Å²) in [6, 6.07) is 11.4. The lowest BCUT2D eigenvalue weighted by Crippen LogP contribution is -2.32. The Morgan fingerprint density at radius 2 is 1.62 bits per heavy atom. The summed E-state index contributed by atoms with van der Waals surface area (Å²) in [5, 5.41) is 3.04. The molecule has 0 aromatic heterocycles. The summed E-state index contributed by atoms with van der Waals surface area (Å²) in [4.78, 5) is 12.3. The van der Waals surface area contributed by atoms with Gasteiger partial charge in [0.2, 0.25) is 0 Å². The predicted octanol–water partition coefficient (Wildman–Crippen LogP) is 3.97. The molecule has 5 heteroatoms. The van der Waals surface area contributed by atoms with Crippen LogP contribution < -0.4 is 19.5 Å². The van der Waals surface area contributed by atoms with Gasteiger partial charge < -0.3 is 19.5 Å². The molecule has 140 valence electrons. The van der Waals surface area contributed by atoms with Crippen molar-refractivity contribution in [2.24, 2.45) is 0 Å². The molecule has 0 bridgehead atoms. The molecule has 0 aliphatic heterocycles. The van der Waals surface area contributed by atoms with E-state index in [1.807, 2.05) is 0 Å². The van der Waals surface area contributed by atoms with Crippen molar-refractivity contribution in [3.8, 4) is 17.2 Å². The molecule has 0 aliphatic carbocycles. The molecule has 0 saturated heterocycles. The maximum Gasteiger partial charge on any atom is 0.258 e. The fourth-order valence-electron chi connectivity index (χ4n) is 2.87. The van der Waals surface area contributed by atoms with Gasteiger partial charge in [0.15, 0.2) is 6.61 Å². The van der Waals surface area contributed by atoms with Crippen LogP contribution in [0.5, 0.6) is 17.2 Å². The van der Waals surface area contributed by atoms with Gasteiger partial charge in [-0.05, 0) is 31.4 Å². The van der Waals surface area contributed by atoms with Crippen LogP contribution >= 0.6 is 0 Å². The first-order chi connectivity index (χ1) is 12.5. The Balaban J connectivity index is 2.01. The lowest BCUT2D eigenvalue weighted by atomic mass is 9.97. The van der Waals surface area contributed by atoms with Crippen LogP contribution in [0.2, 0.25) is 0 Å². The van der Waals surface area contributed by atoms with Crippen LogP contribution in [-0.2, 0) is 4.79 Å². The molecule has 1 atom stereocenters. The van der Waals surface area contributed by atoms with Crippen LogP contribution in [-0.4, -0.2) is 26.7 Å². The third-order valence-corrected chi connectivity index (χ3v) is 4.24. The normalized spacial score (nSPS) is 11.6. The number of amides is 1. The van der Waals surface area contributed by atoms with E-state index in [2.05, 4.69) is 44.3 Å². The number of rotatable bonds is 8. The maximum absolute atomic E-state index is 12.3. The Kier molecular flexibility index (Phi) is 6.89. The number of nitrogens with one attached hydrogen (secondary N) is 1. The predicted molar refractivity (Wildman–Crippen MR) is 102 cm³/mol. The number of hydrogen-bond acceptors (Lipinski definition) is 4. The number of benzene rings is 2. The minimum absolute atomic E-state index is 0.0356. The lowest BCUT2D eigenvalue weighted by Gasteiger charge is -2.20. The molecule has 2 aromatic rings. The van der Waals surface area contributed by atoms with Crippen LogP contribution in [0.4, 0.5) is 0 Å². The van der Waals surface area contributed by atoms with Crippen LogP contribution in [0.15, 0.2) is 36.4 Å². The average Bonchev–Trinajstić information content (AvgIpc) is 2.64. The first-order valence-electron chi connectivity index (χ1n) is 8.69. The van der Waals surface area contributed by atoms with E-state index >= 15 is 0 Å². The van der Waals surface area contributed by atoms with Gasteiger partial charge in [0.1, 0.15) is 17.2 Å². The highest BCUT2D eigenvalue weighted by Crippen LogP contribution is 2.27. The van der Waals surface area contributed by atoms with Gasteiger partial charge >= 0.3 is 0 Å². The van der Waals surface area contributed by atoms with Crippen molar-refractivity contribution in [3.05, 3.63) is 53.1 Å². The Morgan fingerprint density at radius 3 is 2.15 bits per heavy atom. The van der Waals surface area contributed by atoms with Crippen LogP contribution in [0, 0.1) is 13.8 Å². The van der Waals surface area contributed by atoms with Crippen molar-refractivity contribution < 1.29 is 19.0 Å². The molecule has 0 aliphatic rings. The zero-order chi connectivity index (χ0) is 19.1. The monoisotopic (exact) mass is 357 g/mol. The highest BCUT2D eigenvalue weighted by Gasteiger charge is 2.15. The van der Waals surface area contributed by atoms with Crippen LogP contribution in [0.3, 0.4) is 0 Å². The quantitative estimate of drug-likeness (QED) is 0.777. The standard InChI is InChI=1S/C21H27NO4/c1-6-20(19-8-7-14(2)9-15(19)3)22-21(23)13-26-18-11-16(24-4)10-17(12-18)25-5/h7-12,20H,6,13H2,1-5H3,(H,22,23)/t20-/m0/s1. The topological polar surface area (TPSA) is 56.8 Å². The van der Waals surface area contributed by atoms with E-state index in [-0.39, 0.29) is 18.6 Å². The average molecular weight is 357 g/mol. The van der Waals surface area contributed by atoms with E-state index in [0.29, 0.717) is 17.2 Å². The second kappa shape index (κ2) is 9.13. The number of ether oxygens (including phenoxy) is 3. The van der Waals surface area contributed by atoms with Crippen molar-refractivity contribution in [1.29, 1.82) is 0 Å². The molecule has 1 N–H and O–H groups in total. The Morgan fingerprint density at radius 1 is 1.00 bits per heavy atom. The van der Waals surface area contributed by atoms with Crippen LogP contribution in [0.1, 0.15) is 36.1 Å². The van der Waals surface area contributed by atoms with Gasteiger partial charge in [-0.1, -0.05) is 30.7 Å². The van der Waals surface area contributed by atoms with Gasteiger partial charge in [0.05, 0.1) is 20.3 Å². The van der Waals surface area contributed by atoms with Gasteiger partial charge in [-0.25, -0.2) is 0 Å². The first kappa shape index (κ1) is 19.6. The number of methoxy groups -OCH3 is 2. The van der Waals surface area contributed by atoms with Gasteiger partial charge in [-0.3, -0.25) is 4.79 Å². The lowest BCUT2D eigenvalue weighted by molar-refractivity contribution is -0.123. The van der Waals surface area contributed by atoms with Crippen LogP contribution in [0.25, 0.3) is 0 Å². The number of aryl methyl sites for hydroxylation is 2. The van der Waals surface area contributed by atoms with E-state index in [0.717, 1.165) is 12.0 Å². The molecule has 5 nitrogen and oxygen atoms in total. The molecule has 0 fully saturated rings. The second-order valence-corrected chi connectivity index (χ2v) is 6.23. The summed E-state index contributed by atoms with van der Waals surface area (Å²) in [5.74, 6) is 1.58. The van der Waals surface area contributed by atoms with Gasteiger partial charge in [0.25, 0.3) is 5.91 Å². The summed E-state index contributed by atoms with van der Waals surface area (Å²) in [7, 11) is 3.14. The third-order valence-electron chi connectivity index (χ3n) is 4.24. The van der Waals surface area contributed by atoms with E-state index in [1.165, 1.54) is 11.1 Å². The minimum atomic E-state index is -0.168. The zero-order valence-corrected chi connectivity index (χ0v) is 16.1. The van der Waals surface area contributed by atoms with Crippen molar-refractivity contribution in [3.63, 3.8) is 0 Å². The zero-order valence-electron chi connectivity index (χ0n) is 16.1. The number of carbonyl (C=O) groups excluding carboxylic acids is 1. The Bertz CT molecular complexity index is 735. The molecule has 0 unspecified atom stereocenters. The summed E-state index contributed by atoms with van der Waals surface area (Å²) < 4.78 is 16.0. The Hall–Kier alpha value is -2.69. The highest BCUT2D eigenvalue weighted by molar-refractivity contribution is 5.78. The van der Waals surface area contributed by atoms with E-state index in [9.17, 15) is 4.79 Å². The summed E-state index contributed by atoms with van der Waals surface area (Å²) in [6.07, 6.45) is 0.808. The van der Waals surface area contributed by atoms with Gasteiger partial charge in [0, 0.05) is 18.2 Å². The van der Waals surface area contributed by atoms with Gasteiger partial charge in [-0.2, -0.15) is 0 Å². The third kappa shape index (κ3) is 5.15. The molecule has 0 saturated carbocycles. The molecule has 1 amide bonds. The molecular weight excluding hydrogens is 330 g/mol. The minimum Gasteiger partial charge on any atom is -0.496 e. The highest BCUT2D eigenvalue weighted by atomic mass is 16.5. The molecule has 2 rings (SSSR count). The second-order valence-electron chi connectivity index (χ2n) is 6.23. The van der Waals surface area contributed by atoms with Crippen molar-refractivity contribution in [2.75, 3.05) is 20.8 Å². The Labute approximate surface area is 155 Å². The van der Waals surface area contributed by atoms with E-state index in [4.69, 9.17) is 14.2 Å². The smallest absolute Gasteiger partial charge is 0.258 e. The van der Waals surface area contributed by atoms with Gasteiger partial charge in [-0.15, -0.1) is 0 Å². The number of hydrogen-bond donors (Lipinski definition) is 1. The molecular formula is C21H27NO4. The molecule has 26 heavy (non-hydrogen) atoms. The molecule has 0 radical (unpaired) electrons. The van der Waals surface area contributed by atoms with E-state index in [1.54, 1.807) is 32.4 Å². The van der Waals surface area contributed by atoms with Crippen molar-refractivity contribution in [2.45, 2.75) is 33.2 Å². The molecule has 0 heterocycles. The summed E-state index contributed by atoms with van der Waals surface area (Å²) >= 11 is 0. The SMILES string of the molecule is CC[C@H](NC(=O)COc1cc(OC)cc(OC)c1)c1ccc(C)cc1C. The fourth-order valence-corrected chi connectivity index (χ4v) is 2.87. The summed E-state index contributed by atoms with van der Waals surface area (Å²) in [5.41, 5.74) is 3.52. The summed E-state index contributed by atoms with van der Waals surface area (Å²) in [6.45, 7) is 6.11. The fraction of sp³-hybridized carbons (Fsp3) is 0.381. The van der Waals surface area contributed by atoms with Crippen molar-refractivity contribution in [1.82, 2.24) is 5.32 Å². The maximum atomic E-state index is 12.3. The number of carbonyl (C=O) groups is 1. The van der Waals surface area contributed by atoms with E-state index < -0.39 is 0 Å². The molecule has 2 aromatic carbocycles. The molecule has 0 spiro atoms. The van der Waals surface area contributed by atoms with Crippen molar-refractivity contribution >= 4 is 5.91 Å².